The third-order valence-corrected chi connectivity index (χ3v) is 8.95. The summed E-state index contributed by atoms with van der Waals surface area (Å²) < 4.78 is 3.19. The van der Waals surface area contributed by atoms with Crippen molar-refractivity contribution in [2.24, 2.45) is 16.6 Å². The first-order chi connectivity index (χ1) is 21.0. The molecule has 3 aromatic rings. The first-order valence-electron chi connectivity index (χ1n) is 13.7. The number of amides is 1. The summed E-state index contributed by atoms with van der Waals surface area (Å²) in [5.41, 5.74) is 13.9. The second-order valence-corrected chi connectivity index (χ2v) is 12.1. The number of aromatic nitrogens is 2. The highest BCUT2D eigenvalue weighted by atomic mass is 32.2. The fourth-order valence-electron chi connectivity index (χ4n) is 4.50. The minimum Gasteiger partial charge on any atom is -0.393 e. The number of guanidine groups is 1. The Kier molecular flexibility index (Phi) is 10.8. The summed E-state index contributed by atoms with van der Waals surface area (Å²) in [4.78, 5) is 48.6. The molecule has 15 heteroatoms. The van der Waals surface area contributed by atoms with Crippen molar-refractivity contribution in [2.45, 2.75) is 50.6 Å². The van der Waals surface area contributed by atoms with Gasteiger partial charge in [0.15, 0.2) is 5.03 Å². The number of benzene rings is 1. The van der Waals surface area contributed by atoms with E-state index in [2.05, 4.69) is 22.0 Å². The van der Waals surface area contributed by atoms with Crippen molar-refractivity contribution >= 4 is 50.9 Å². The van der Waals surface area contributed by atoms with Crippen LogP contribution in [0.2, 0.25) is 0 Å². The highest BCUT2D eigenvalue weighted by Crippen LogP contribution is 2.29. The Hall–Kier alpha value is -4.63. The number of thiazole rings is 1. The topological polar surface area (TPSA) is 184 Å². The quantitative estimate of drug-likeness (QED) is 0.0587. The van der Waals surface area contributed by atoms with Gasteiger partial charge in [0.2, 0.25) is 11.9 Å². The van der Waals surface area contributed by atoms with Crippen molar-refractivity contribution in [3.8, 4) is 0 Å². The summed E-state index contributed by atoms with van der Waals surface area (Å²) in [6, 6.07) is 10.2. The van der Waals surface area contributed by atoms with Crippen LogP contribution in [0.5, 0.6) is 0 Å². The molecule has 1 amide bonds. The molecular weight excluding hydrogens is 605 g/mol. The fraction of sp³-hybridized carbons (Fsp3) is 0.310. The Bertz CT molecular complexity index is 1670. The maximum absolute atomic E-state index is 13.5. The number of rotatable bonds is 14. The third-order valence-electron chi connectivity index (χ3n) is 6.86. The van der Waals surface area contributed by atoms with E-state index in [4.69, 9.17) is 16.3 Å². The van der Waals surface area contributed by atoms with Crippen molar-refractivity contribution in [1.29, 1.82) is 0 Å². The Morgan fingerprint density at radius 2 is 2.02 bits per heavy atom. The summed E-state index contributed by atoms with van der Waals surface area (Å²) in [6.07, 6.45) is 5.99. The molecule has 1 atom stereocenters. The first-order valence-corrected chi connectivity index (χ1v) is 15.3. The maximum Gasteiger partial charge on any atom is 0.266 e. The van der Waals surface area contributed by atoms with Crippen LogP contribution in [0, 0.1) is 17.0 Å². The maximum atomic E-state index is 13.5. The standard InChI is InChI=1S/C29H34N8O5S2/c1-18-8-4-5-9-21(18)16-36(37(40)41)44-25-13-12-19(2)35(28(25)39)17-26(38)32-22(14-15-42-34-29(30)31)20(3)27-33-23-10-6-7-11-24(23)43-27/h6-13,22H,3-5,14-17H2,1-2H3,(H,32,38)(H4,30,31,34)/t22-/m0/s1. The Labute approximate surface area is 262 Å². The predicted molar refractivity (Wildman–Crippen MR) is 173 cm³/mol. The molecule has 0 spiro atoms. The van der Waals surface area contributed by atoms with Crippen LogP contribution in [0.15, 0.2) is 81.1 Å². The lowest BCUT2D eigenvalue weighted by molar-refractivity contribution is -0.615. The number of oxime groups is 1. The first kappa shape index (κ1) is 32.3. The summed E-state index contributed by atoms with van der Waals surface area (Å²) in [6.45, 7) is 7.58. The van der Waals surface area contributed by atoms with E-state index in [0.717, 1.165) is 50.6 Å². The third kappa shape index (κ3) is 8.26. The Morgan fingerprint density at radius 1 is 1.27 bits per heavy atom. The van der Waals surface area contributed by atoms with Crippen molar-refractivity contribution in [3.63, 3.8) is 0 Å². The van der Waals surface area contributed by atoms with Crippen LogP contribution < -0.4 is 22.3 Å². The molecule has 13 nitrogen and oxygen atoms in total. The van der Waals surface area contributed by atoms with E-state index in [9.17, 15) is 19.7 Å². The van der Waals surface area contributed by atoms with Gasteiger partial charge in [-0.3, -0.25) is 9.59 Å². The largest absolute Gasteiger partial charge is 0.393 e. The Balaban J connectivity index is 1.51. The number of hydrogen-bond acceptors (Lipinski definition) is 9. The van der Waals surface area contributed by atoms with E-state index in [1.165, 1.54) is 22.0 Å². The van der Waals surface area contributed by atoms with Gasteiger partial charge >= 0.3 is 0 Å². The van der Waals surface area contributed by atoms with Gasteiger partial charge in [0.25, 0.3) is 5.56 Å². The molecule has 0 radical (unpaired) electrons. The lowest BCUT2D eigenvalue weighted by atomic mass is 9.99. The van der Waals surface area contributed by atoms with Crippen molar-refractivity contribution in [2.75, 3.05) is 13.2 Å². The minimum absolute atomic E-state index is 0.0330. The monoisotopic (exact) mass is 638 g/mol. The zero-order valence-electron chi connectivity index (χ0n) is 24.4. The minimum atomic E-state index is -0.615. The number of hydrogen-bond donors (Lipinski definition) is 3. The van der Waals surface area contributed by atoms with Crippen molar-refractivity contribution in [3.05, 3.63) is 97.4 Å². The van der Waals surface area contributed by atoms with Gasteiger partial charge in [0.05, 0.1) is 33.1 Å². The van der Waals surface area contributed by atoms with E-state index in [0.29, 0.717) is 16.3 Å². The molecule has 4 rings (SSSR count). The van der Waals surface area contributed by atoms with Crippen molar-refractivity contribution in [1.82, 2.24) is 19.3 Å². The Morgan fingerprint density at radius 3 is 2.73 bits per heavy atom. The highest BCUT2D eigenvalue weighted by molar-refractivity contribution is 7.96. The lowest BCUT2D eigenvalue weighted by Crippen LogP contribution is -2.40. The van der Waals surface area contributed by atoms with Crippen LogP contribution >= 0.6 is 23.3 Å². The van der Waals surface area contributed by atoms with Crippen LogP contribution in [0.3, 0.4) is 0 Å². The van der Waals surface area contributed by atoms with E-state index in [-0.39, 0.29) is 37.0 Å². The second kappa shape index (κ2) is 14.7. The molecule has 1 aliphatic rings. The normalized spacial score (nSPS) is 13.4. The molecule has 0 aliphatic heterocycles. The summed E-state index contributed by atoms with van der Waals surface area (Å²) >= 11 is 2.17. The number of fused-ring (bicyclic) bond motifs is 1. The van der Waals surface area contributed by atoms with Gasteiger partial charge in [-0.05, 0) is 61.7 Å². The molecule has 0 saturated carbocycles. The fourth-order valence-corrected chi connectivity index (χ4v) is 6.31. The predicted octanol–water partition coefficient (Wildman–Crippen LogP) is 3.73. The van der Waals surface area contributed by atoms with Gasteiger partial charge in [-0.15, -0.1) is 11.3 Å². The van der Waals surface area contributed by atoms with Gasteiger partial charge in [0, 0.05) is 17.7 Å². The van der Waals surface area contributed by atoms with Gasteiger partial charge in [-0.1, -0.05) is 40.9 Å². The SMILES string of the molecule is C=C(c1nc2ccccc2s1)[C@H](CCON=C(N)N)NC(=O)Cn1c(C)ccc(SN(CC2=CCCC=C2C)[N+](=O)[O-])c1=O. The molecule has 0 fully saturated rings. The van der Waals surface area contributed by atoms with Gasteiger partial charge in [-0.2, -0.15) is 0 Å². The smallest absolute Gasteiger partial charge is 0.266 e. The highest BCUT2D eigenvalue weighted by Gasteiger charge is 2.24. The molecule has 232 valence electrons. The number of nitrogens with zero attached hydrogens (tertiary/aromatic N) is 5. The number of pyridine rings is 1. The molecule has 2 aromatic heterocycles. The van der Waals surface area contributed by atoms with Gasteiger partial charge < -0.3 is 26.2 Å². The van der Waals surface area contributed by atoms with Crippen molar-refractivity contribution < 1.29 is 14.7 Å². The molecule has 1 aliphatic carbocycles. The molecule has 5 N–H and O–H groups in total. The van der Waals surface area contributed by atoms with Crippen LogP contribution in [0.25, 0.3) is 15.8 Å². The van der Waals surface area contributed by atoms with Gasteiger partial charge in [0.1, 0.15) is 24.7 Å². The van der Waals surface area contributed by atoms with Gasteiger partial charge in [-0.25, -0.2) is 15.1 Å². The number of aryl methyl sites for hydroxylation is 1. The number of carbonyl (C=O) groups is 1. The molecule has 0 saturated heterocycles. The number of nitrogens with two attached hydrogens (primary N) is 2. The average Bonchev–Trinajstić information content (AvgIpc) is 3.42. The van der Waals surface area contributed by atoms with Crippen LogP contribution in [-0.4, -0.2) is 50.1 Å². The number of para-hydroxylation sites is 1. The number of nitro groups is 1. The summed E-state index contributed by atoms with van der Waals surface area (Å²) in [7, 11) is 0. The molecule has 1 aromatic carbocycles. The summed E-state index contributed by atoms with van der Waals surface area (Å²) in [5, 5.41) is 18.4. The second-order valence-electron chi connectivity index (χ2n) is 10.0. The molecule has 0 bridgehead atoms. The lowest BCUT2D eigenvalue weighted by Gasteiger charge is -2.21. The molecule has 2 heterocycles. The van der Waals surface area contributed by atoms with E-state index in [1.54, 1.807) is 13.0 Å². The summed E-state index contributed by atoms with van der Waals surface area (Å²) in [5.74, 6) is -0.702. The van der Waals surface area contributed by atoms with E-state index < -0.39 is 22.5 Å². The zero-order chi connectivity index (χ0) is 31.8. The molecule has 44 heavy (non-hydrogen) atoms. The number of carbonyl (C=O) groups excluding carboxylic acids is 1. The molecular formula is C29H34N8O5S2. The molecule has 0 unspecified atom stereocenters. The zero-order valence-corrected chi connectivity index (χ0v) is 26.0. The van der Waals surface area contributed by atoms with E-state index >= 15 is 0 Å². The van der Waals surface area contributed by atoms with Crippen LogP contribution in [0.1, 0.15) is 36.9 Å². The number of nitrogens with one attached hydrogen (secondary N) is 1. The van der Waals surface area contributed by atoms with Crippen LogP contribution in [-0.2, 0) is 16.2 Å². The van der Waals surface area contributed by atoms with Crippen LogP contribution in [0.4, 0.5) is 0 Å². The number of allylic oxidation sites excluding steroid dienone is 2. The number of hydrazine groups is 1. The average molecular weight is 639 g/mol. The van der Waals surface area contributed by atoms with E-state index in [1.807, 2.05) is 43.3 Å².